The Kier molecular flexibility index (Phi) is 4.77. The molecule has 1 aliphatic rings. The minimum absolute atomic E-state index is 0.0151. The molecule has 5 nitrogen and oxygen atoms in total. The van der Waals surface area contributed by atoms with E-state index in [1.165, 1.54) is 12.1 Å². The summed E-state index contributed by atoms with van der Waals surface area (Å²) in [5.74, 6) is -0.817. The van der Waals surface area contributed by atoms with Crippen LogP contribution in [-0.4, -0.2) is 25.7 Å². The van der Waals surface area contributed by atoms with Gasteiger partial charge in [-0.25, -0.2) is 4.39 Å². The zero-order valence-electron chi connectivity index (χ0n) is 11.6. The van der Waals surface area contributed by atoms with Crippen LogP contribution in [0.4, 0.5) is 4.39 Å². The Balaban J connectivity index is 2.31. The molecule has 1 aliphatic heterocycles. The van der Waals surface area contributed by atoms with Gasteiger partial charge in [-0.15, -0.1) is 0 Å². The SMILES string of the molecule is CCCNC(=O)/C(C#N)=C/c1ccc2c(c1F)OCCO2. The van der Waals surface area contributed by atoms with E-state index < -0.39 is 11.7 Å². The van der Waals surface area contributed by atoms with Gasteiger partial charge in [0, 0.05) is 12.1 Å². The molecule has 1 amide bonds. The summed E-state index contributed by atoms with van der Waals surface area (Å²) in [7, 11) is 0. The molecule has 0 aliphatic carbocycles. The molecule has 0 unspecified atom stereocenters. The van der Waals surface area contributed by atoms with Crippen molar-refractivity contribution in [3.8, 4) is 17.6 Å². The van der Waals surface area contributed by atoms with Crippen LogP contribution in [0.25, 0.3) is 6.08 Å². The number of hydrogen-bond donors (Lipinski definition) is 1. The van der Waals surface area contributed by atoms with Gasteiger partial charge >= 0.3 is 0 Å². The van der Waals surface area contributed by atoms with Crippen LogP contribution in [0.5, 0.6) is 11.5 Å². The smallest absolute Gasteiger partial charge is 0.261 e. The number of nitrogens with one attached hydrogen (secondary N) is 1. The summed E-state index contributed by atoms with van der Waals surface area (Å²) in [6.07, 6.45) is 1.96. The first-order valence-electron chi connectivity index (χ1n) is 6.65. The van der Waals surface area contributed by atoms with Crippen LogP contribution in [0.3, 0.4) is 0 Å². The second-order valence-corrected chi connectivity index (χ2v) is 4.42. The van der Waals surface area contributed by atoms with Crippen LogP contribution >= 0.6 is 0 Å². The summed E-state index contributed by atoms with van der Waals surface area (Å²) >= 11 is 0. The first-order chi connectivity index (χ1) is 10.2. The maximum absolute atomic E-state index is 14.3. The third-order valence-corrected chi connectivity index (χ3v) is 2.88. The quantitative estimate of drug-likeness (QED) is 0.680. The van der Waals surface area contributed by atoms with Crippen LogP contribution in [0.15, 0.2) is 17.7 Å². The average Bonchev–Trinajstić information content (AvgIpc) is 2.52. The molecule has 0 fully saturated rings. The lowest BCUT2D eigenvalue weighted by atomic mass is 10.1. The molecule has 0 aromatic heterocycles. The van der Waals surface area contributed by atoms with E-state index in [4.69, 9.17) is 14.7 Å². The Morgan fingerprint density at radius 2 is 2.24 bits per heavy atom. The third kappa shape index (κ3) is 3.31. The number of amides is 1. The Hall–Kier alpha value is -2.55. The van der Waals surface area contributed by atoms with E-state index in [0.717, 1.165) is 6.42 Å². The molecule has 0 radical (unpaired) electrons. The molecule has 110 valence electrons. The fourth-order valence-corrected chi connectivity index (χ4v) is 1.85. The van der Waals surface area contributed by atoms with Gasteiger partial charge in [0.25, 0.3) is 5.91 Å². The average molecular weight is 290 g/mol. The summed E-state index contributed by atoms with van der Waals surface area (Å²) in [6.45, 7) is 2.99. The zero-order valence-corrected chi connectivity index (χ0v) is 11.6. The highest BCUT2D eigenvalue weighted by Gasteiger charge is 2.19. The van der Waals surface area contributed by atoms with Crippen LogP contribution in [0.2, 0.25) is 0 Å². The third-order valence-electron chi connectivity index (χ3n) is 2.88. The monoisotopic (exact) mass is 290 g/mol. The van der Waals surface area contributed by atoms with Crippen molar-refractivity contribution in [1.82, 2.24) is 5.32 Å². The number of halogens is 1. The molecule has 21 heavy (non-hydrogen) atoms. The van der Waals surface area contributed by atoms with Crippen molar-refractivity contribution in [2.24, 2.45) is 0 Å². The minimum Gasteiger partial charge on any atom is -0.486 e. The lowest BCUT2D eigenvalue weighted by Gasteiger charge is -2.19. The number of hydrogen-bond acceptors (Lipinski definition) is 4. The first-order valence-corrected chi connectivity index (χ1v) is 6.65. The number of carbonyl (C=O) groups excluding carboxylic acids is 1. The maximum atomic E-state index is 14.3. The van der Waals surface area contributed by atoms with E-state index in [-0.39, 0.29) is 23.5 Å². The Morgan fingerprint density at radius 1 is 1.48 bits per heavy atom. The van der Waals surface area contributed by atoms with E-state index in [2.05, 4.69) is 5.32 Å². The molecule has 1 heterocycles. The number of nitriles is 1. The molecule has 0 saturated carbocycles. The van der Waals surface area contributed by atoms with E-state index in [1.807, 2.05) is 6.92 Å². The molecule has 0 spiro atoms. The van der Waals surface area contributed by atoms with Crippen molar-refractivity contribution in [3.05, 3.63) is 29.1 Å². The van der Waals surface area contributed by atoms with E-state index in [9.17, 15) is 9.18 Å². The summed E-state index contributed by atoms with van der Waals surface area (Å²) in [5.41, 5.74) is -0.0403. The van der Waals surface area contributed by atoms with Crippen LogP contribution in [0, 0.1) is 17.1 Å². The minimum atomic E-state index is -0.636. The van der Waals surface area contributed by atoms with E-state index >= 15 is 0 Å². The molecule has 6 heteroatoms. The van der Waals surface area contributed by atoms with Crippen LogP contribution < -0.4 is 14.8 Å². The molecule has 1 N–H and O–H groups in total. The number of fused-ring (bicyclic) bond motifs is 1. The molecule has 0 atom stereocenters. The van der Waals surface area contributed by atoms with Crippen molar-refractivity contribution in [1.29, 1.82) is 5.26 Å². The molecule has 1 aromatic rings. The first kappa shape index (κ1) is 14.9. The van der Waals surface area contributed by atoms with Crippen molar-refractivity contribution in [3.63, 3.8) is 0 Å². The Bertz CT molecular complexity index is 620. The number of ether oxygens (including phenoxy) is 2. The van der Waals surface area contributed by atoms with Gasteiger partial charge in [0.05, 0.1) is 0 Å². The Morgan fingerprint density at radius 3 is 2.95 bits per heavy atom. The van der Waals surface area contributed by atoms with Gasteiger partial charge in [0.1, 0.15) is 24.9 Å². The Labute approximate surface area is 122 Å². The molecule has 0 bridgehead atoms. The fourth-order valence-electron chi connectivity index (χ4n) is 1.85. The summed E-state index contributed by atoms with van der Waals surface area (Å²) in [5, 5.41) is 11.6. The predicted octanol–water partition coefficient (Wildman–Crippen LogP) is 2.03. The normalized spacial score (nSPS) is 13.5. The summed E-state index contributed by atoms with van der Waals surface area (Å²) in [4.78, 5) is 11.8. The van der Waals surface area contributed by atoms with Crippen molar-refractivity contribution >= 4 is 12.0 Å². The second kappa shape index (κ2) is 6.75. The second-order valence-electron chi connectivity index (χ2n) is 4.42. The highest BCUT2D eigenvalue weighted by atomic mass is 19.1. The van der Waals surface area contributed by atoms with Gasteiger partial charge in [-0.3, -0.25) is 4.79 Å². The lowest BCUT2D eigenvalue weighted by Crippen LogP contribution is -2.25. The predicted molar refractivity (Wildman–Crippen MR) is 74.3 cm³/mol. The number of nitrogens with zero attached hydrogens (tertiary/aromatic N) is 1. The lowest BCUT2D eigenvalue weighted by molar-refractivity contribution is -0.117. The van der Waals surface area contributed by atoms with Crippen LogP contribution in [-0.2, 0) is 4.79 Å². The van der Waals surface area contributed by atoms with Gasteiger partial charge in [-0.2, -0.15) is 5.26 Å². The molecular weight excluding hydrogens is 275 g/mol. The van der Waals surface area contributed by atoms with Crippen molar-refractivity contribution in [2.45, 2.75) is 13.3 Å². The number of benzene rings is 1. The molecular formula is C15H15FN2O3. The standard InChI is InChI=1S/C15H15FN2O3/c1-2-5-18-15(19)11(9-17)8-10-3-4-12-14(13(10)16)21-7-6-20-12/h3-4,8H,2,5-7H2,1H3,(H,18,19)/b11-8+. The van der Waals surface area contributed by atoms with E-state index in [1.54, 1.807) is 12.1 Å². The molecule has 1 aromatic carbocycles. The van der Waals surface area contributed by atoms with Crippen LogP contribution in [0.1, 0.15) is 18.9 Å². The highest BCUT2D eigenvalue weighted by molar-refractivity contribution is 6.01. The number of carbonyl (C=O) groups is 1. The van der Waals surface area contributed by atoms with Crippen molar-refractivity contribution in [2.75, 3.05) is 19.8 Å². The molecule has 2 rings (SSSR count). The summed E-state index contributed by atoms with van der Waals surface area (Å²) < 4.78 is 24.8. The maximum Gasteiger partial charge on any atom is 0.261 e. The van der Waals surface area contributed by atoms with Crippen molar-refractivity contribution < 1.29 is 18.7 Å². The van der Waals surface area contributed by atoms with Gasteiger partial charge in [-0.05, 0) is 24.6 Å². The largest absolute Gasteiger partial charge is 0.486 e. The highest BCUT2D eigenvalue weighted by Crippen LogP contribution is 2.35. The molecule has 0 saturated heterocycles. The number of rotatable bonds is 4. The zero-order chi connectivity index (χ0) is 15.2. The van der Waals surface area contributed by atoms with Gasteiger partial charge in [0.2, 0.25) is 0 Å². The topological polar surface area (TPSA) is 71.4 Å². The van der Waals surface area contributed by atoms with Gasteiger partial charge in [0.15, 0.2) is 17.3 Å². The van der Waals surface area contributed by atoms with Gasteiger partial charge < -0.3 is 14.8 Å². The fraction of sp³-hybridized carbons (Fsp3) is 0.333. The van der Waals surface area contributed by atoms with E-state index in [0.29, 0.717) is 18.9 Å². The summed E-state index contributed by atoms with van der Waals surface area (Å²) in [6, 6.07) is 4.79. The van der Waals surface area contributed by atoms with Gasteiger partial charge in [-0.1, -0.05) is 6.92 Å².